The molecule has 1 N–H and O–H groups in total. The molecule has 19 heteroatoms. The fraction of sp³-hybridized carbons (Fsp3) is 0.938. The Bertz CT molecular complexity index is 686. The Balaban J connectivity index is 5.64. The molecule has 0 aromatic carbocycles. The molecular formula is C16H22F13NO4Si. The third-order valence-corrected chi connectivity index (χ3v) is 7.30. The lowest BCUT2D eigenvalue weighted by atomic mass is 9.94. The number of halogens is 13. The van der Waals surface area contributed by atoms with Crippen LogP contribution >= 0.6 is 0 Å². The van der Waals surface area contributed by atoms with Gasteiger partial charge in [0.05, 0.1) is 6.54 Å². The van der Waals surface area contributed by atoms with E-state index < -0.39 is 69.5 Å². The second kappa shape index (κ2) is 11.4. The quantitative estimate of drug-likeness (QED) is 0.216. The van der Waals surface area contributed by atoms with Crippen LogP contribution in [0.25, 0.3) is 0 Å². The van der Waals surface area contributed by atoms with Crippen LogP contribution in [-0.2, 0) is 18.1 Å². The van der Waals surface area contributed by atoms with E-state index in [1.165, 1.54) is 20.8 Å². The van der Waals surface area contributed by atoms with Crippen LogP contribution in [-0.4, -0.2) is 76.9 Å². The highest BCUT2D eigenvalue weighted by Gasteiger charge is 2.90. The SMILES string of the molecule is CCO[Si](CCC(=O)NCC(F)(F)C(F)(F)C(F)(F)C(F)(F)C(F)(F)C(F)(F)F)(OCC)OCC. The lowest BCUT2D eigenvalue weighted by Crippen LogP contribution is -2.71. The molecule has 0 saturated heterocycles. The predicted molar refractivity (Wildman–Crippen MR) is 93.9 cm³/mol. The molecule has 0 aliphatic carbocycles. The van der Waals surface area contributed by atoms with Gasteiger partial charge in [0.25, 0.3) is 0 Å². The highest BCUT2D eigenvalue weighted by Crippen LogP contribution is 2.60. The second-order valence-corrected chi connectivity index (χ2v) is 9.49. The third-order valence-electron chi connectivity index (χ3n) is 4.26. The zero-order chi connectivity index (χ0) is 28.1. The summed E-state index contributed by atoms with van der Waals surface area (Å²) in [6.07, 6.45) is -8.33. The second-order valence-electron chi connectivity index (χ2n) is 6.76. The molecule has 0 rings (SSSR count). The first kappa shape index (κ1) is 33.7. The maximum atomic E-state index is 13.7. The summed E-state index contributed by atoms with van der Waals surface area (Å²) < 4.78 is 186. The Hall–Kier alpha value is -1.34. The van der Waals surface area contributed by atoms with Gasteiger partial charge in [0.2, 0.25) is 5.91 Å². The number of rotatable bonds is 15. The Labute approximate surface area is 191 Å². The highest BCUT2D eigenvalue weighted by atomic mass is 28.4. The summed E-state index contributed by atoms with van der Waals surface area (Å²) in [7, 11) is -3.57. The molecular weight excluding hydrogens is 545 g/mol. The van der Waals surface area contributed by atoms with Crippen LogP contribution in [0, 0.1) is 0 Å². The smallest absolute Gasteiger partial charge is 0.374 e. The van der Waals surface area contributed by atoms with Gasteiger partial charge >= 0.3 is 44.6 Å². The molecule has 0 saturated carbocycles. The third kappa shape index (κ3) is 6.71. The minimum atomic E-state index is -7.99. The van der Waals surface area contributed by atoms with E-state index >= 15 is 0 Å². The first-order valence-corrected chi connectivity index (χ1v) is 11.6. The zero-order valence-corrected chi connectivity index (χ0v) is 19.3. The minimum Gasteiger partial charge on any atom is -0.374 e. The first-order chi connectivity index (χ1) is 15.5. The van der Waals surface area contributed by atoms with E-state index in [9.17, 15) is 61.9 Å². The average Bonchev–Trinajstić information content (AvgIpc) is 2.70. The molecule has 0 unspecified atom stereocenters. The number of carbonyl (C=O) groups excluding carboxylic acids is 1. The number of hydrogen-bond donors (Lipinski definition) is 1. The molecule has 0 atom stereocenters. The molecule has 0 radical (unpaired) electrons. The van der Waals surface area contributed by atoms with Crippen LogP contribution in [0.2, 0.25) is 6.04 Å². The average molecular weight is 567 g/mol. The van der Waals surface area contributed by atoms with Crippen molar-refractivity contribution in [2.75, 3.05) is 26.4 Å². The summed E-state index contributed by atoms with van der Waals surface area (Å²) in [4.78, 5) is 11.8. The van der Waals surface area contributed by atoms with E-state index in [1.54, 1.807) is 0 Å². The molecule has 0 aromatic rings. The fourth-order valence-corrected chi connectivity index (χ4v) is 5.01. The van der Waals surface area contributed by atoms with E-state index in [0.29, 0.717) is 0 Å². The lowest BCUT2D eigenvalue weighted by Gasteiger charge is -2.39. The Morgan fingerprint density at radius 2 is 1.03 bits per heavy atom. The Kier molecular flexibility index (Phi) is 10.9. The Morgan fingerprint density at radius 3 is 1.37 bits per heavy atom. The summed E-state index contributed by atoms with van der Waals surface area (Å²) in [6.45, 7) is 1.70. The van der Waals surface area contributed by atoms with E-state index in [4.69, 9.17) is 13.3 Å². The van der Waals surface area contributed by atoms with Gasteiger partial charge in [-0.1, -0.05) is 0 Å². The van der Waals surface area contributed by atoms with E-state index in [1.807, 2.05) is 0 Å². The van der Waals surface area contributed by atoms with Crippen molar-refractivity contribution in [2.45, 2.75) is 69.0 Å². The van der Waals surface area contributed by atoms with Crippen molar-refractivity contribution in [1.29, 1.82) is 0 Å². The zero-order valence-electron chi connectivity index (χ0n) is 18.3. The van der Waals surface area contributed by atoms with E-state index in [2.05, 4.69) is 0 Å². The van der Waals surface area contributed by atoms with Crippen molar-refractivity contribution >= 4 is 14.7 Å². The molecule has 35 heavy (non-hydrogen) atoms. The lowest BCUT2D eigenvalue weighted by molar-refractivity contribution is -0.439. The molecule has 0 heterocycles. The highest BCUT2D eigenvalue weighted by molar-refractivity contribution is 6.61. The molecule has 0 aromatic heterocycles. The van der Waals surface area contributed by atoms with Gasteiger partial charge in [-0.25, -0.2) is 0 Å². The number of alkyl halides is 13. The van der Waals surface area contributed by atoms with Gasteiger partial charge in [-0.3, -0.25) is 4.79 Å². The van der Waals surface area contributed by atoms with Gasteiger partial charge in [0.15, 0.2) is 0 Å². The van der Waals surface area contributed by atoms with Gasteiger partial charge in [-0.05, 0) is 20.8 Å². The monoisotopic (exact) mass is 567 g/mol. The number of carbonyl (C=O) groups is 1. The van der Waals surface area contributed by atoms with Gasteiger partial charge in [-0.15, -0.1) is 0 Å². The minimum absolute atomic E-state index is 0.00396. The summed E-state index contributed by atoms with van der Waals surface area (Å²) in [6, 6.07) is -0.428. The number of amides is 1. The maximum Gasteiger partial charge on any atom is 0.501 e. The van der Waals surface area contributed by atoms with Crippen LogP contribution in [0.1, 0.15) is 27.2 Å². The molecule has 0 spiro atoms. The number of nitrogens with one attached hydrogen (secondary N) is 1. The van der Waals surface area contributed by atoms with Gasteiger partial charge in [-0.2, -0.15) is 57.1 Å². The molecule has 0 fully saturated rings. The molecule has 0 aliphatic heterocycles. The molecule has 5 nitrogen and oxygen atoms in total. The van der Waals surface area contributed by atoms with Crippen molar-refractivity contribution in [3.05, 3.63) is 0 Å². The standard InChI is InChI=1S/C16H22F13NO4Si/c1-4-32-35(33-5-2,34-6-3)8-7-10(31)30-9-11(17,18)12(19,20)13(21,22)14(23,24)15(25,26)16(27,28)29/h4-9H2,1-3H3,(H,30,31). The topological polar surface area (TPSA) is 56.8 Å². The largest absolute Gasteiger partial charge is 0.501 e. The molecule has 210 valence electrons. The van der Waals surface area contributed by atoms with Crippen molar-refractivity contribution in [3.8, 4) is 0 Å². The van der Waals surface area contributed by atoms with Crippen LogP contribution in [0.5, 0.6) is 0 Å². The molecule has 0 aliphatic rings. The summed E-state index contributed by atoms with van der Waals surface area (Å²) in [5.74, 6) is -39.1. The fourth-order valence-electron chi connectivity index (χ4n) is 2.48. The molecule has 0 bridgehead atoms. The van der Waals surface area contributed by atoms with Crippen molar-refractivity contribution in [3.63, 3.8) is 0 Å². The van der Waals surface area contributed by atoms with Crippen LogP contribution in [0.15, 0.2) is 0 Å². The summed E-state index contributed by atoms with van der Waals surface area (Å²) in [5, 5.41) is 1.02. The van der Waals surface area contributed by atoms with Gasteiger partial charge in [0, 0.05) is 32.3 Å². The number of hydrogen-bond acceptors (Lipinski definition) is 4. The van der Waals surface area contributed by atoms with Crippen molar-refractivity contribution in [1.82, 2.24) is 5.32 Å². The maximum absolute atomic E-state index is 13.7. The van der Waals surface area contributed by atoms with Crippen molar-refractivity contribution < 1.29 is 75.1 Å². The van der Waals surface area contributed by atoms with Crippen LogP contribution in [0.4, 0.5) is 57.1 Å². The van der Waals surface area contributed by atoms with Gasteiger partial charge in [0.1, 0.15) is 0 Å². The first-order valence-electron chi connectivity index (χ1n) is 9.67. The molecule has 1 amide bonds. The Morgan fingerprint density at radius 1 is 0.657 bits per heavy atom. The van der Waals surface area contributed by atoms with Gasteiger partial charge < -0.3 is 18.6 Å². The van der Waals surface area contributed by atoms with Crippen LogP contribution in [0.3, 0.4) is 0 Å². The van der Waals surface area contributed by atoms with E-state index in [0.717, 1.165) is 5.32 Å². The summed E-state index contributed by atoms with van der Waals surface area (Å²) >= 11 is 0. The van der Waals surface area contributed by atoms with Crippen LogP contribution < -0.4 is 5.32 Å². The predicted octanol–water partition coefficient (Wildman–Crippen LogP) is 5.28. The van der Waals surface area contributed by atoms with Crippen molar-refractivity contribution in [2.24, 2.45) is 0 Å². The van der Waals surface area contributed by atoms with E-state index in [-0.39, 0.29) is 19.8 Å². The summed E-state index contributed by atoms with van der Waals surface area (Å²) in [5.41, 5.74) is 0. The normalized spacial score (nSPS) is 14.9.